The zero-order valence-electron chi connectivity index (χ0n) is 5.34. The average molecular weight is 135 g/mol. The van der Waals surface area contributed by atoms with Gasteiger partial charge in [0.15, 0.2) is 0 Å². The molecule has 0 N–H and O–H groups in total. The third-order valence-electron chi connectivity index (χ3n) is 0.663. The summed E-state index contributed by atoms with van der Waals surface area (Å²) in [4.78, 5) is 3.89. The molecule has 0 aliphatic carbocycles. The Labute approximate surface area is 90.7 Å². The van der Waals surface area contributed by atoms with E-state index < -0.39 is 0 Å². The van der Waals surface area contributed by atoms with Crippen molar-refractivity contribution in [1.82, 2.24) is 15.2 Å². The molecule has 8 heavy (non-hydrogen) atoms. The zero-order valence-corrected chi connectivity index (χ0v) is 8.46. The van der Waals surface area contributed by atoms with Gasteiger partial charge in [0.2, 0.25) is 0 Å². The van der Waals surface area contributed by atoms with Crippen molar-refractivity contribution >= 4 is 0 Å². The molecule has 1 aromatic rings. The summed E-state index contributed by atoms with van der Waals surface area (Å²) in [5, 5.41) is 7.31. The van der Waals surface area contributed by atoms with E-state index in [-0.39, 0.29) is 51.4 Å². The topological polar surface area (TPSA) is 39.9 Å². The molecule has 1 rings (SSSR count). The monoisotopic (exact) mass is 135 g/mol. The van der Waals surface area contributed by atoms with Crippen LogP contribution in [-0.2, 0) is 0 Å². The van der Waals surface area contributed by atoms with Gasteiger partial charge in [-0.1, -0.05) is 0 Å². The molecule has 0 saturated heterocycles. The average Bonchev–Trinajstić information content (AvgIpc) is 1.87. The maximum Gasteiger partial charge on any atom is 1.00 e. The van der Waals surface area contributed by atoms with Crippen LogP contribution in [0.3, 0.4) is 0 Å². The van der Waals surface area contributed by atoms with Crippen molar-refractivity contribution in [2.45, 2.75) is 13.8 Å². The second kappa shape index (κ2) is 3.74. The van der Waals surface area contributed by atoms with Crippen molar-refractivity contribution in [2.24, 2.45) is 0 Å². The number of aromatic nitrogens is 3. The zero-order chi connectivity index (χ0) is 5.28. The van der Waals surface area contributed by atoms with Crippen LogP contribution in [0.25, 0.3) is 0 Å². The van der Waals surface area contributed by atoms with E-state index in [1.807, 2.05) is 13.8 Å². The molecule has 0 aromatic carbocycles. The Hall–Kier alpha value is 0.776. The first-order valence-electron chi connectivity index (χ1n) is 2.09. The number of hydrogen-bond donors (Lipinski definition) is 0. The van der Waals surface area contributed by atoms with Gasteiger partial charge in [-0.15, -0.1) is 0 Å². The van der Waals surface area contributed by atoms with Crippen LogP contribution in [0.2, 0.25) is 0 Å². The molecular formula is C4H6KN3. The molecule has 0 unspecified atom stereocenters. The van der Waals surface area contributed by atoms with Crippen molar-refractivity contribution in [1.29, 1.82) is 0 Å². The Morgan fingerprint density at radius 3 is 1.62 bits per heavy atom. The van der Waals surface area contributed by atoms with E-state index in [4.69, 9.17) is 0 Å². The standard InChI is InChI=1S/C4H6N3.K/c1-3-5-4(2)7-6-3;/h1-2H3;/q-1;+1. The van der Waals surface area contributed by atoms with Gasteiger partial charge in [0.1, 0.15) is 0 Å². The maximum absolute atomic E-state index is 3.89. The molecule has 0 aliphatic heterocycles. The molecule has 1 aromatic heterocycles. The first-order valence-corrected chi connectivity index (χ1v) is 2.09. The molecule has 38 valence electrons. The predicted octanol–water partition coefficient (Wildman–Crippen LogP) is -2.95. The first kappa shape index (κ1) is 8.78. The number of aryl methyl sites for hydroxylation is 2. The van der Waals surface area contributed by atoms with Crippen molar-refractivity contribution in [3.63, 3.8) is 0 Å². The second-order valence-electron chi connectivity index (χ2n) is 1.41. The summed E-state index contributed by atoms with van der Waals surface area (Å²) in [6, 6.07) is 0. The van der Waals surface area contributed by atoms with Gasteiger partial charge in [0.25, 0.3) is 0 Å². The quantitative estimate of drug-likeness (QED) is 0.357. The number of rotatable bonds is 0. The molecule has 4 heteroatoms. The van der Waals surface area contributed by atoms with E-state index in [0.29, 0.717) is 0 Å². The molecule has 3 nitrogen and oxygen atoms in total. The third kappa shape index (κ3) is 2.37. The Balaban J connectivity index is 0.000000490. The smallest absolute Gasteiger partial charge is 0.367 e. The van der Waals surface area contributed by atoms with Crippen LogP contribution in [0.5, 0.6) is 0 Å². The van der Waals surface area contributed by atoms with Crippen molar-refractivity contribution in [3.05, 3.63) is 11.6 Å². The van der Waals surface area contributed by atoms with E-state index in [9.17, 15) is 0 Å². The van der Waals surface area contributed by atoms with Crippen molar-refractivity contribution in [2.75, 3.05) is 0 Å². The van der Waals surface area contributed by atoms with E-state index in [2.05, 4.69) is 15.2 Å². The van der Waals surface area contributed by atoms with Gasteiger partial charge >= 0.3 is 51.4 Å². The molecule has 0 bridgehead atoms. The Kier molecular flexibility index (Phi) is 4.10. The fourth-order valence-corrected chi connectivity index (χ4v) is 0.424. The van der Waals surface area contributed by atoms with Crippen LogP contribution in [0.15, 0.2) is 0 Å². The van der Waals surface area contributed by atoms with Crippen LogP contribution in [0.4, 0.5) is 0 Å². The Morgan fingerprint density at radius 2 is 1.50 bits per heavy atom. The SMILES string of the molecule is Cc1nnc(C)[n-]1.[K+]. The van der Waals surface area contributed by atoms with Gasteiger partial charge in [0.05, 0.1) is 0 Å². The summed E-state index contributed by atoms with van der Waals surface area (Å²) < 4.78 is 0. The minimum atomic E-state index is 0. The Morgan fingerprint density at radius 1 is 1.12 bits per heavy atom. The summed E-state index contributed by atoms with van der Waals surface area (Å²) in [6.45, 7) is 3.64. The summed E-state index contributed by atoms with van der Waals surface area (Å²) in [5.74, 6) is 1.50. The molecule has 0 amide bonds. The largest absolute Gasteiger partial charge is 1.00 e. The predicted molar refractivity (Wildman–Crippen MR) is 24.8 cm³/mol. The first-order chi connectivity index (χ1) is 3.29. The summed E-state index contributed by atoms with van der Waals surface area (Å²) in [7, 11) is 0. The van der Waals surface area contributed by atoms with Gasteiger partial charge < -0.3 is 15.2 Å². The maximum atomic E-state index is 3.89. The minimum absolute atomic E-state index is 0. The number of hydrogen-bond acceptors (Lipinski definition) is 2. The fraction of sp³-hybridized carbons (Fsp3) is 0.500. The van der Waals surface area contributed by atoms with E-state index in [0.717, 1.165) is 11.6 Å². The molecule has 0 radical (unpaired) electrons. The van der Waals surface area contributed by atoms with Gasteiger partial charge in [-0.25, -0.2) is 0 Å². The summed E-state index contributed by atoms with van der Waals surface area (Å²) >= 11 is 0. The molecule has 1 heterocycles. The molecule has 0 fully saturated rings. The third-order valence-corrected chi connectivity index (χ3v) is 0.663. The normalized spacial score (nSPS) is 8.25. The summed E-state index contributed by atoms with van der Waals surface area (Å²) in [5.41, 5.74) is 0. The molecule has 0 atom stereocenters. The number of nitrogens with zero attached hydrogens (tertiary/aromatic N) is 3. The Bertz CT molecular complexity index is 144. The van der Waals surface area contributed by atoms with Crippen LogP contribution in [-0.4, -0.2) is 10.2 Å². The molecule has 0 aliphatic rings. The minimum Gasteiger partial charge on any atom is -0.367 e. The van der Waals surface area contributed by atoms with E-state index in [1.54, 1.807) is 0 Å². The molecule has 0 spiro atoms. The van der Waals surface area contributed by atoms with Crippen molar-refractivity contribution < 1.29 is 51.4 Å². The van der Waals surface area contributed by atoms with Crippen LogP contribution >= 0.6 is 0 Å². The van der Waals surface area contributed by atoms with Gasteiger partial charge in [-0.2, -0.15) is 0 Å². The van der Waals surface area contributed by atoms with Crippen LogP contribution in [0.1, 0.15) is 11.6 Å². The molecular weight excluding hydrogens is 129 g/mol. The molecule has 0 saturated carbocycles. The van der Waals surface area contributed by atoms with Gasteiger partial charge in [-0.3, -0.25) is 0 Å². The van der Waals surface area contributed by atoms with E-state index in [1.165, 1.54) is 0 Å². The van der Waals surface area contributed by atoms with E-state index >= 15 is 0 Å². The van der Waals surface area contributed by atoms with Crippen LogP contribution in [0, 0.1) is 13.8 Å². The van der Waals surface area contributed by atoms with Gasteiger partial charge in [-0.05, 0) is 25.5 Å². The van der Waals surface area contributed by atoms with Crippen LogP contribution < -0.4 is 56.4 Å². The van der Waals surface area contributed by atoms with Gasteiger partial charge in [0, 0.05) is 0 Å². The van der Waals surface area contributed by atoms with Crippen molar-refractivity contribution in [3.8, 4) is 0 Å². The summed E-state index contributed by atoms with van der Waals surface area (Å²) in [6.07, 6.45) is 0. The fourth-order valence-electron chi connectivity index (χ4n) is 0.424. The second-order valence-corrected chi connectivity index (χ2v) is 1.41.